The van der Waals surface area contributed by atoms with E-state index in [1.807, 2.05) is 6.92 Å². The van der Waals surface area contributed by atoms with Crippen molar-refractivity contribution in [3.8, 4) is 0 Å². The number of esters is 1. The van der Waals surface area contributed by atoms with Gasteiger partial charge >= 0.3 is 5.97 Å². The van der Waals surface area contributed by atoms with Crippen LogP contribution < -0.4 is 0 Å². The van der Waals surface area contributed by atoms with Crippen LogP contribution in [0.3, 0.4) is 0 Å². The zero-order valence-electron chi connectivity index (χ0n) is 11.2. The van der Waals surface area contributed by atoms with E-state index in [4.69, 9.17) is 0 Å². The first kappa shape index (κ1) is 15.6. The lowest BCUT2D eigenvalue weighted by Gasteiger charge is -2.31. The molecule has 0 bridgehead atoms. The number of hydrogen-bond donors (Lipinski definition) is 1. The molecule has 0 aliphatic heterocycles. The third kappa shape index (κ3) is 3.29. The Balaban J connectivity index is 3.14. The number of hydrogen-bond acceptors (Lipinski definition) is 3. The van der Waals surface area contributed by atoms with Crippen LogP contribution in [0.1, 0.15) is 25.0 Å². The van der Waals surface area contributed by atoms with Gasteiger partial charge in [-0.3, -0.25) is 4.79 Å². The minimum Gasteiger partial charge on any atom is -0.469 e. The van der Waals surface area contributed by atoms with E-state index in [1.165, 1.54) is 6.92 Å². The molecule has 106 valence electrons. The Morgan fingerprint density at radius 3 is 2.26 bits per heavy atom. The Labute approximate surface area is 111 Å². The second-order valence-electron chi connectivity index (χ2n) is 4.53. The summed E-state index contributed by atoms with van der Waals surface area (Å²) in [4.78, 5) is 11.4. The summed E-state index contributed by atoms with van der Waals surface area (Å²) in [6.45, 7) is 3.16. The van der Waals surface area contributed by atoms with Crippen molar-refractivity contribution in [2.75, 3.05) is 7.11 Å². The summed E-state index contributed by atoms with van der Waals surface area (Å²) >= 11 is 0. The first-order valence-corrected chi connectivity index (χ1v) is 6.02. The maximum Gasteiger partial charge on any atom is 0.317 e. The molecule has 3 nitrogen and oxygen atoms in total. The molecular weight excluding hydrogens is 254 g/mol. The van der Waals surface area contributed by atoms with Gasteiger partial charge in [0.2, 0.25) is 0 Å². The highest BCUT2D eigenvalue weighted by Gasteiger charge is 2.46. The van der Waals surface area contributed by atoms with E-state index in [9.17, 15) is 18.7 Å². The van der Waals surface area contributed by atoms with Crippen molar-refractivity contribution in [1.29, 1.82) is 0 Å². The van der Waals surface area contributed by atoms with Gasteiger partial charge in [-0.15, -0.1) is 0 Å². The topological polar surface area (TPSA) is 46.5 Å². The number of aliphatic hydroxyl groups is 1. The SMILES string of the molecule is CCc1ccc(C(C)(O)C(C(=O)OC)C(F)F)cc1. The lowest BCUT2D eigenvalue weighted by atomic mass is 9.82. The van der Waals surface area contributed by atoms with Crippen molar-refractivity contribution in [3.05, 3.63) is 35.4 Å². The second-order valence-corrected chi connectivity index (χ2v) is 4.53. The lowest BCUT2D eigenvalue weighted by molar-refractivity contribution is -0.167. The van der Waals surface area contributed by atoms with E-state index < -0.39 is 23.9 Å². The van der Waals surface area contributed by atoms with Gasteiger partial charge in [0.15, 0.2) is 0 Å². The Bertz CT molecular complexity index is 427. The molecule has 2 atom stereocenters. The number of carbonyl (C=O) groups is 1. The van der Waals surface area contributed by atoms with Gasteiger partial charge in [0.25, 0.3) is 6.43 Å². The average Bonchev–Trinajstić information content (AvgIpc) is 2.37. The maximum absolute atomic E-state index is 13.0. The third-order valence-corrected chi connectivity index (χ3v) is 3.26. The maximum atomic E-state index is 13.0. The van der Waals surface area contributed by atoms with Crippen molar-refractivity contribution in [1.82, 2.24) is 0 Å². The molecule has 0 fully saturated rings. The number of ether oxygens (including phenoxy) is 1. The number of carbonyl (C=O) groups excluding carboxylic acids is 1. The number of aryl methyl sites for hydroxylation is 1. The van der Waals surface area contributed by atoms with Gasteiger partial charge in [-0.2, -0.15) is 0 Å². The highest BCUT2D eigenvalue weighted by Crippen LogP contribution is 2.34. The Hall–Kier alpha value is -1.49. The van der Waals surface area contributed by atoms with Crippen LogP contribution in [0.5, 0.6) is 0 Å². The number of halogens is 2. The largest absolute Gasteiger partial charge is 0.469 e. The van der Waals surface area contributed by atoms with Gasteiger partial charge in [-0.1, -0.05) is 31.2 Å². The highest BCUT2D eigenvalue weighted by molar-refractivity contribution is 5.74. The predicted octanol–water partition coefficient (Wildman–Crippen LogP) is 2.51. The second kappa shape index (κ2) is 6.10. The quantitative estimate of drug-likeness (QED) is 0.838. The molecule has 0 saturated carbocycles. The van der Waals surface area contributed by atoms with Gasteiger partial charge < -0.3 is 9.84 Å². The zero-order valence-corrected chi connectivity index (χ0v) is 11.2. The molecule has 0 radical (unpaired) electrons. The molecular formula is C14H18F2O3. The van der Waals surface area contributed by atoms with Gasteiger partial charge in [-0.05, 0) is 24.5 Å². The molecule has 0 amide bonds. The fourth-order valence-electron chi connectivity index (χ4n) is 1.96. The molecule has 0 heterocycles. The van der Waals surface area contributed by atoms with Gasteiger partial charge in [-0.25, -0.2) is 8.78 Å². The molecule has 1 aromatic carbocycles. The number of methoxy groups -OCH3 is 1. The molecule has 19 heavy (non-hydrogen) atoms. The normalized spacial score (nSPS) is 15.9. The molecule has 0 saturated heterocycles. The van der Waals surface area contributed by atoms with Crippen LogP contribution in [0.15, 0.2) is 24.3 Å². The molecule has 0 aromatic heterocycles. The van der Waals surface area contributed by atoms with E-state index in [-0.39, 0.29) is 5.56 Å². The van der Waals surface area contributed by atoms with Crippen LogP contribution in [-0.4, -0.2) is 24.6 Å². The number of alkyl halides is 2. The van der Waals surface area contributed by atoms with Crippen LogP contribution in [0.25, 0.3) is 0 Å². The predicted molar refractivity (Wildman–Crippen MR) is 66.9 cm³/mol. The van der Waals surface area contributed by atoms with Crippen molar-refractivity contribution in [2.24, 2.45) is 5.92 Å². The van der Waals surface area contributed by atoms with E-state index in [0.717, 1.165) is 19.1 Å². The smallest absolute Gasteiger partial charge is 0.317 e. The minimum absolute atomic E-state index is 0.264. The molecule has 0 aliphatic rings. The molecule has 1 rings (SSSR count). The summed E-state index contributed by atoms with van der Waals surface area (Å²) in [7, 11) is 1.02. The third-order valence-electron chi connectivity index (χ3n) is 3.26. The average molecular weight is 272 g/mol. The summed E-state index contributed by atoms with van der Waals surface area (Å²) in [5.74, 6) is -3.04. The van der Waals surface area contributed by atoms with Crippen LogP contribution >= 0.6 is 0 Å². The first-order valence-electron chi connectivity index (χ1n) is 6.02. The van der Waals surface area contributed by atoms with Crippen molar-refractivity contribution in [3.63, 3.8) is 0 Å². The minimum atomic E-state index is -3.01. The van der Waals surface area contributed by atoms with Gasteiger partial charge in [0.1, 0.15) is 11.5 Å². The molecule has 1 aromatic rings. The Morgan fingerprint density at radius 1 is 1.37 bits per heavy atom. The highest BCUT2D eigenvalue weighted by atomic mass is 19.3. The van der Waals surface area contributed by atoms with Crippen molar-refractivity contribution >= 4 is 5.97 Å². The standard InChI is InChI=1S/C14H18F2O3/c1-4-9-5-7-10(8-6-9)14(2,18)11(12(15)16)13(17)19-3/h5-8,11-12,18H,4H2,1-3H3. The van der Waals surface area contributed by atoms with Crippen molar-refractivity contribution in [2.45, 2.75) is 32.3 Å². The van der Waals surface area contributed by atoms with E-state index >= 15 is 0 Å². The van der Waals surface area contributed by atoms with Crippen LogP contribution in [-0.2, 0) is 21.6 Å². The fraction of sp³-hybridized carbons (Fsp3) is 0.500. The van der Waals surface area contributed by atoms with Gasteiger partial charge in [0.05, 0.1) is 7.11 Å². The zero-order chi connectivity index (χ0) is 14.6. The van der Waals surface area contributed by atoms with E-state index in [1.54, 1.807) is 24.3 Å². The molecule has 5 heteroatoms. The van der Waals surface area contributed by atoms with Crippen LogP contribution in [0.4, 0.5) is 8.78 Å². The summed E-state index contributed by atoms with van der Waals surface area (Å²) in [5.41, 5.74) is -0.695. The van der Waals surface area contributed by atoms with Crippen molar-refractivity contribution < 1.29 is 23.4 Å². The summed E-state index contributed by atoms with van der Waals surface area (Å²) in [6, 6.07) is 6.58. The monoisotopic (exact) mass is 272 g/mol. The van der Waals surface area contributed by atoms with E-state index in [2.05, 4.69) is 4.74 Å². The Kier molecular flexibility index (Phi) is 5.00. The lowest BCUT2D eigenvalue weighted by Crippen LogP contribution is -2.42. The summed E-state index contributed by atoms with van der Waals surface area (Å²) in [5, 5.41) is 10.3. The number of rotatable bonds is 5. The van der Waals surface area contributed by atoms with E-state index in [0.29, 0.717) is 0 Å². The Morgan fingerprint density at radius 2 is 1.89 bits per heavy atom. The van der Waals surface area contributed by atoms with Crippen LogP contribution in [0, 0.1) is 5.92 Å². The molecule has 2 unspecified atom stereocenters. The van der Waals surface area contributed by atoms with Crippen LogP contribution in [0.2, 0.25) is 0 Å². The summed E-state index contributed by atoms with van der Waals surface area (Å²) in [6.07, 6.45) is -2.20. The molecule has 1 N–H and O–H groups in total. The first-order chi connectivity index (χ1) is 8.84. The summed E-state index contributed by atoms with van der Waals surface area (Å²) < 4.78 is 30.4. The van der Waals surface area contributed by atoms with Gasteiger partial charge in [0, 0.05) is 0 Å². The molecule has 0 spiro atoms. The number of benzene rings is 1. The molecule has 0 aliphatic carbocycles. The fourth-order valence-corrected chi connectivity index (χ4v) is 1.96.